The third-order valence-electron chi connectivity index (χ3n) is 4.49. The van der Waals surface area contributed by atoms with E-state index in [0.29, 0.717) is 6.61 Å². The summed E-state index contributed by atoms with van der Waals surface area (Å²) in [5.41, 5.74) is -0.777. The lowest BCUT2D eigenvalue weighted by molar-refractivity contribution is -0.123. The average molecular weight is 367 g/mol. The molecule has 2 atom stereocenters. The molecule has 0 aliphatic rings. The number of ketones is 1. The van der Waals surface area contributed by atoms with Crippen LogP contribution in [0.4, 0.5) is 0 Å². The first-order valence-corrected chi connectivity index (χ1v) is 12.9. The van der Waals surface area contributed by atoms with E-state index >= 15 is 0 Å². The average Bonchev–Trinajstić information content (AvgIpc) is 2.42. The third-order valence-corrected chi connectivity index (χ3v) is 11.4. The lowest BCUT2D eigenvalue weighted by Crippen LogP contribution is -2.43. The molecule has 0 aromatic rings. The van der Waals surface area contributed by atoms with Crippen molar-refractivity contribution in [1.82, 2.24) is 0 Å². The van der Waals surface area contributed by atoms with E-state index < -0.39 is 21.6 Å². The van der Waals surface area contributed by atoms with Gasteiger partial charge in [-0.3, -0.25) is 9.36 Å². The molecule has 7 heteroatoms. The molecule has 5 nitrogen and oxygen atoms in total. The van der Waals surface area contributed by atoms with Crippen molar-refractivity contribution in [3.05, 3.63) is 0 Å². The summed E-state index contributed by atoms with van der Waals surface area (Å²) >= 11 is 0. The summed E-state index contributed by atoms with van der Waals surface area (Å²) in [5.74, 6) is -0.470. The van der Waals surface area contributed by atoms with Crippen molar-refractivity contribution in [3.8, 4) is 0 Å². The highest BCUT2D eigenvalue weighted by molar-refractivity contribution is 7.55. The van der Waals surface area contributed by atoms with E-state index in [-0.39, 0.29) is 30.0 Å². The third kappa shape index (κ3) is 6.43. The van der Waals surface area contributed by atoms with Crippen LogP contribution in [-0.2, 0) is 22.8 Å². The Morgan fingerprint density at radius 2 is 1.52 bits per heavy atom. The Kier molecular flexibility index (Phi) is 8.91. The SMILES string of the molecule is CCOP(=O)(OCC)C(C)C(=O)[C@H](C)CO[Si](C)(C)C(C)(C)C. The van der Waals surface area contributed by atoms with Crippen molar-refractivity contribution >= 4 is 21.7 Å². The molecule has 0 aliphatic carbocycles. The maximum Gasteiger partial charge on any atom is 0.340 e. The quantitative estimate of drug-likeness (QED) is 0.408. The van der Waals surface area contributed by atoms with Crippen LogP contribution in [0, 0.1) is 5.92 Å². The van der Waals surface area contributed by atoms with Gasteiger partial charge in [0.05, 0.1) is 13.2 Å². The van der Waals surface area contributed by atoms with Crippen molar-refractivity contribution in [2.24, 2.45) is 5.92 Å². The molecule has 0 aliphatic heterocycles. The zero-order chi connectivity index (χ0) is 18.5. The van der Waals surface area contributed by atoms with Gasteiger partial charge in [-0.1, -0.05) is 27.7 Å². The maximum atomic E-state index is 12.7. The Labute approximate surface area is 143 Å². The van der Waals surface area contributed by atoms with Crippen LogP contribution in [0.15, 0.2) is 0 Å². The van der Waals surface area contributed by atoms with Crippen LogP contribution in [0.3, 0.4) is 0 Å². The first kappa shape index (κ1) is 23.0. The molecule has 0 bridgehead atoms. The fourth-order valence-corrected chi connectivity index (χ4v) is 4.73. The summed E-state index contributed by atoms with van der Waals surface area (Å²) < 4.78 is 29.4. The van der Waals surface area contributed by atoms with Gasteiger partial charge in [0.25, 0.3) is 0 Å². The van der Waals surface area contributed by atoms with E-state index in [0.717, 1.165) is 0 Å². The molecule has 0 heterocycles. The number of carbonyl (C=O) groups is 1. The van der Waals surface area contributed by atoms with Crippen LogP contribution in [0.1, 0.15) is 48.5 Å². The molecule has 0 spiro atoms. The second-order valence-corrected chi connectivity index (χ2v) is 14.6. The van der Waals surface area contributed by atoms with Gasteiger partial charge >= 0.3 is 7.60 Å². The zero-order valence-corrected chi connectivity index (χ0v) is 18.2. The Balaban J connectivity index is 4.92. The molecule has 1 unspecified atom stereocenters. The van der Waals surface area contributed by atoms with Crippen LogP contribution in [0.25, 0.3) is 0 Å². The highest BCUT2D eigenvalue weighted by Crippen LogP contribution is 2.53. The van der Waals surface area contributed by atoms with Gasteiger partial charge in [0.2, 0.25) is 0 Å². The summed E-state index contributed by atoms with van der Waals surface area (Å²) in [6, 6.07) is 0. The Bertz CT molecular complexity index is 421. The Morgan fingerprint density at radius 1 is 1.09 bits per heavy atom. The van der Waals surface area contributed by atoms with Gasteiger partial charge in [0, 0.05) is 12.5 Å². The molecular formula is C16H35O5PSi. The molecule has 0 aromatic carbocycles. The first-order valence-electron chi connectivity index (χ1n) is 8.38. The molecular weight excluding hydrogens is 331 g/mol. The van der Waals surface area contributed by atoms with Crippen LogP contribution >= 0.6 is 7.60 Å². The summed E-state index contributed by atoms with van der Waals surface area (Å²) in [4.78, 5) is 12.6. The van der Waals surface area contributed by atoms with Crippen LogP contribution < -0.4 is 0 Å². The van der Waals surface area contributed by atoms with Crippen molar-refractivity contribution in [2.75, 3.05) is 19.8 Å². The van der Waals surface area contributed by atoms with E-state index in [4.69, 9.17) is 13.5 Å². The molecule has 138 valence electrons. The van der Waals surface area contributed by atoms with Gasteiger partial charge in [-0.25, -0.2) is 0 Å². The minimum atomic E-state index is -3.41. The highest BCUT2D eigenvalue weighted by Gasteiger charge is 2.41. The smallest absolute Gasteiger partial charge is 0.340 e. The predicted molar refractivity (Wildman–Crippen MR) is 97.6 cm³/mol. The van der Waals surface area contributed by atoms with Gasteiger partial charge in [0.15, 0.2) is 14.1 Å². The second kappa shape index (κ2) is 8.91. The topological polar surface area (TPSA) is 61.8 Å². The molecule has 0 rings (SSSR count). The van der Waals surface area contributed by atoms with Crippen LogP contribution in [-0.4, -0.2) is 39.6 Å². The largest absolute Gasteiger partial charge is 0.416 e. The molecule has 0 fully saturated rings. The Morgan fingerprint density at radius 3 is 1.87 bits per heavy atom. The minimum absolute atomic E-state index is 0.0906. The molecule has 0 radical (unpaired) electrons. The van der Waals surface area contributed by atoms with Crippen LogP contribution in [0.2, 0.25) is 18.1 Å². The van der Waals surface area contributed by atoms with E-state index in [1.807, 2.05) is 6.92 Å². The summed E-state index contributed by atoms with van der Waals surface area (Å²) in [7, 11) is -5.32. The van der Waals surface area contributed by atoms with E-state index in [1.165, 1.54) is 0 Å². The van der Waals surface area contributed by atoms with Gasteiger partial charge in [-0.05, 0) is 38.9 Å². The molecule has 23 heavy (non-hydrogen) atoms. The fourth-order valence-electron chi connectivity index (χ4n) is 1.82. The lowest BCUT2D eigenvalue weighted by Gasteiger charge is -2.37. The predicted octanol–water partition coefficient (Wildman–Crippen LogP) is 4.87. The number of hydrogen-bond acceptors (Lipinski definition) is 5. The van der Waals surface area contributed by atoms with Gasteiger partial charge in [0.1, 0.15) is 5.66 Å². The molecule has 0 aromatic heterocycles. The highest BCUT2D eigenvalue weighted by atomic mass is 31.2. The van der Waals surface area contributed by atoms with E-state index in [2.05, 4.69) is 33.9 Å². The zero-order valence-electron chi connectivity index (χ0n) is 16.3. The van der Waals surface area contributed by atoms with Gasteiger partial charge < -0.3 is 13.5 Å². The number of hydrogen-bond donors (Lipinski definition) is 0. The number of carbonyl (C=O) groups excluding carboxylic acids is 1. The van der Waals surface area contributed by atoms with Crippen molar-refractivity contribution in [3.63, 3.8) is 0 Å². The van der Waals surface area contributed by atoms with Crippen molar-refractivity contribution in [1.29, 1.82) is 0 Å². The number of rotatable bonds is 10. The monoisotopic (exact) mass is 366 g/mol. The molecule has 0 N–H and O–H groups in total. The summed E-state index contributed by atoms with van der Waals surface area (Å²) in [6.07, 6.45) is 0. The lowest BCUT2D eigenvalue weighted by atomic mass is 10.1. The fraction of sp³-hybridized carbons (Fsp3) is 0.938. The maximum absolute atomic E-state index is 12.7. The standard InChI is InChI=1S/C16H35O5PSi/c1-10-19-22(18,20-11-2)14(4)15(17)13(3)12-21-23(8,9)16(5,6)7/h13-14H,10-12H2,1-9H3/t13-,14?/m1/s1. The summed E-state index contributed by atoms with van der Waals surface area (Å²) in [6.45, 7) is 18.6. The van der Waals surface area contributed by atoms with Crippen molar-refractivity contribution in [2.45, 2.75) is 72.3 Å². The van der Waals surface area contributed by atoms with Gasteiger partial charge in [-0.2, -0.15) is 0 Å². The molecule has 0 amide bonds. The minimum Gasteiger partial charge on any atom is -0.416 e. The van der Waals surface area contributed by atoms with E-state index in [1.54, 1.807) is 20.8 Å². The van der Waals surface area contributed by atoms with Gasteiger partial charge in [-0.15, -0.1) is 0 Å². The first-order chi connectivity index (χ1) is 10.3. The Hall–Kier alpha value is -0.00312. The summed E-state index contributed by atoms with van der Waals surface area (Å²) in [5, 5.41) is 0.0906. The number of Topliss-reactive ketones (excluding diaryl/α,β-unsaturated/α-hetero) is 1. The van der Waals surface area contributed by atoms with Crippen LogP contribution in [0.5, 0.6) is 0 Å². The van der Waals surface area contributed by atoms with Crippen molar-refractivity contribution < 1.29 is 22.8 Å². The molecule has 0 saturated heterocycles. The normalized spacial score (nSPS) is 16.2. The molecule has 0 saturated carbocycles. The second-order valence-electron chi connectivity index (χ2n) is 7.43. The van der Waals surface area contributed by atoms with E-state index in [9.17, 15) is 9.36 Å².